The quantitative estimate of drug-likeness (QED) is 0.831. The average Bonchev–Trinajstić information content (AvgIpc) is 2.38. The monoisotopic (exact) mass is 268 g/mol. The largest absolute Gasteiger partial charge is 0.313 e. The highest BCUT2D eigenvalue weighted by molar-refractivity contribution is 4.90. The Morgan fingerprint density at radius 1 is 1.16 bits per heavy atom. The summed E-state index contributed by atoms with van der Waals surface area (Å²) >= 11 is 0. The van der Waals surface area contributed by atoms with Crippen LogP contribution in [0.3, 0.4) is 0 Å². The lowest BCUT2D eigenvalue weighted by molar-refractivity contribution is 0.0734. The molecule has 1 aliphatic heterocycles. The van der Waals surface area contributed by atoms with Crippen LogP contribution in [-0.4, -0.2) is 36.1 Å². The van der Waals surface area contributed by atoms with Gasteiger partial charge in [-0.05, 0) is 57.5 Å². The normalized spacial score (nSPS) is 23.7. The van der Waals surface area contributed by atoms with Gasteiger partial charge in [-0.3, -0.25) is 4.90 Å². The summed E-state index contributed by atoms with van der Waals surface area (Å²) in [7, 11) is 0. The Morgan fingerprint density at radius 3 is 2.32 bits per heavy atom. The van der Waals surface area contributed by atoms with Crippen LogP contribution in [0.4, 0.5) is 0 Å². The van der Waals surface area contributed by atoms with Crippen LogP contribution in [0.25, 0.3) is 0 Å². The van der Waals surface area contributed by atoms with Crippen molar-refractivity contribution in [1.82, 2.24) is 10.2 Å². The Labute approximate surface area is 121 Å². The number of rotatable bonds is 4. The van der Waals surface area contributed by atoms with Gasteiger partial charge in [0, 0.05) is 18.1 Å². The molecule has 0 amide bonds. The van der Waals surface area contributed by atoms with Crippen molar-refractivity contribution in [1.29, 1.82) is 0 Å². The molecule has 114 valence electrons. The second-order valence-electron chi connectivity index (χ2n) is 8.63. The molecule has 0 saturated carbocycles. The standard InChI is InChI=1S/C17H36N2/c1-14(2)11-15-12-19(10-8-9-18-15)17(6,7)13-16(3,4)5/h14-15,18H,8-13H2,1-7H3. The topological polar surface area (TPSA) is 15.3 Å². The summed E-state index contributed by atoms with van der Waals surface area (Å²) in [6.07, 6.45) is 3.83. The fourth-order valence-electron chi connectivity index (χ4n) is 3.68. The summed E-state index contributed by atoms with van der Waals surface area (Å²) in [4.78, 5) is 2.73. The molecule has 1 fully saturated rings. The maximum Gasteiger partial charge on any atom is 0.0197 e. The van der Waals surface area contributed by atoms with Crippen LogP contribution in [0.1, 0.15) is 67.7 Å². The van der Waals surface area contributed by atoms with Crippen molar-refractivity contribution in [3.8, 4) is 0 Å². The van der Waals surface area contributed by atoms with E-state index in [-0.39, 0.29) is 0 Å². The summed E-state index contributed by atoms with van der Waals surface area (Å²) in [5, 5.41) is 3.74. The molecule has 0 aromatic carbocycles. The molecule has 0 radical (unpaired) electrons. The molecule has 1 unspecified atom stereocenters. The number of nitrogens with zero attached hydrogens (tertiary/aromatic N) is 1. The highest BCUT2D eigenvalue weighted by Crippen LogP contribution is 2.32. The van der Waals surface area contributed by atoms with E-state index in [0.29, 0.717) is 17.0 Å². The van der Waals surface area contributed by atoms with E-state index < -0.39 is 0 Å². The molecule has 1 saturated heterocycles. The van der Waals surface area contributed by atoms with E-state index in [1.165, 1.54) is 38.9 Å². The van der Waals surface area contributed by atoms with E-state index >= 15 is 0 Å². The van der Waals surface area contributed by atoms with Crippen LogP contribution in [0.15, 0.2) is 0 Å². The van der Waals surface area contributed by atoms with Crippen molar-refractivity contribution < 1.29 is 0 Å². The second-order valence-corrected chi connectivity index (χ2v) is 8.63. The van der Waals surface area contributed by atoms with E-state index in [1.807, 2.05) is 0 Å². The minimum Gasteiger partial charge on any atom is -0.313 e. The predicted molar refractivity (Wildman–Crippen MR) is 85.6 cm³/mol. The maximum atomic E-state index is 3.74. The average molecular weight is 268 g/mol. The van der Waals surface area contributed by atoms with Gasteiger partial charge in [0.15, 0.2) is 0 Å². The van der Waals surface area contributed by atoms with Crippen molar-refractivity contribution in [3.05, 3.63) is 0 Å². The third kappa shape index (κ3) is 6.27. The molecule has 0 spiro atoms. The lowest BCUT2D eigenvalue weighted by Crippen LogP contribution is -2.50. The van der Waals surface area contributed by atoms with Gasteiger partial charge in [0.2, 0.25) is 0 Å². The molecule has 0 aromatic rings. The molecular weight excluding hydrogens is 232 g/mol. The maximum absolute atomic E-state index is 3.74. The molecule has 0 aliphatic carbocycles. The van der Waals surface area contributed by atoms with E-state index in [0.717, 1.165) is 5.92 Å². The molecule has 2 heteroatoms. The van der Waals surface area contributed by atoms with Gasteiger partial charge in [0.1, 0.15) is 0 Å². The highest BCUT2D eigenvalue weighted by atomic mass is 15.2. The minimum absolute atomic E-state index is 0.305. The fourth-order valence-corrected chi connectivity index (χ4v) is 3.68. The van der Waals surface area contributed by atoms with Crippen LogP contribution in [-0.2, 0) is 0 Å². The summed E-state index contributed by atoms with van der Waals surface area (Å²) < 4.78 is 0. The first-order valence-electron chi connectivity index (χ1n) is 8.08. The number of nitrogens with one attached hydrogen (secondary N) is 1. The van der Waals surface area contributed by atoms with Crippen molar-refractivity contribution in [2.24, 2.45) is 11.3 Å². The first-order valence-corrected chi connectivity index (χ1v) is 8.08. The molecular formula is C17H36N2. The lowest BCUT2D eigenvalue weighted by atomic mass is 9.80. The zero-order chi connectivity index (χ0) is 14.7. The Kier molecular flexibility index (Phi) is 5.88. The number of hydrogen-bond acceptors (Lipinski definition) is 2. The fraction of sp³-hybridized carbons (Fsp3) is 1.00. The molecule has 0 bridgehead atoms. The van der Waals surface area contributed by atoms with Crippen molar-refractivity contribution in [2.45, 2.75) is 79.3 Å². The van der Waals surface area contributed by atoms with Crippen LogP contribution in [0.5, 0.6) is 0 Å². The van der Waals surface area contributed by atoms with Gasteiger partial charge in [0.25, 0.3) is 0 Å². The van der Waals surface area contributed by atoms with Crippen molar-refractivity contribution in [3.63, 3.8) is 0 Å². The molecule has 1 atom stereocenters. The summed E-state index contributed by atoms with van der Waals surface area (Å²) in [5.41, 5.74) is 0.705. The van der Waals surface area contributed by atoms with Gasteiger partial charge in [-0.1, -0.05) is 34.6 Å². The van der Waals surface area contributed by atoms with Gasteiger partial charge in [-0.15, -0.1) is 0 Å². The molecule has 1 heterocycles. The second kappa shape index (κ2) is 6.58. The Hall–Kier alpha value is -0.0800. The van der Waals surface area contributed by atoms with Crippen LogP contribution in [0.2, 0.25) is 0 Å². The van der Waals surface area contributed by atoms with Crippen LogP contribution in [0, 0.1) is 11.3 Å². The first-order chi connectivity index (χ1) is 8.60. The van der Waals surface area contributed by atoms with E-state index in [4.69, 9.17) is 0 Å². The SMILES string of the molecule is CC(C)CC1CN(C(C)(C)CC(C)(C)C)CCCN1. The summed E-state index contributed by atoms with van der Waals surface area (Å²) in [5.74, 6) is 0.781. The van der Waals surface area contributed by atoms with Crippen LogP contribution < -0.4 is 5.32 Å². The van der Waals surface area contributed by atoms with Gasteiger partial charge in [-0.25, -0.2) is 0 Å². The Morgan fingerprint density at radius 2 is 1.79 bits per heavy atom. The first kappa shape index (κ1) is 17.0. The molecule has 0 aromatic heterocycles. The third-order valence-corrected chi connectivity index (χ3v) is 4.05. The molecule has 1 N–H and O–H groups in total. The van der Waals surface area contributed by atoms with Gasteiger partial charge in [-0.2, -0.15) is 0 Å². The summed E-state index contributed by atoms with van der Waals surface area (Å²) in [6, 6.07) is 0.668. The van der Waals surface area contributed by atoms with Crippen LogP contribution >= 0.6 is 0 Å². The van der Waals surface area contributed by atoms with Crippen molar-refractivity contribution >= 4 is 0 Å². The van der Waals surface area contributed by atoms with Crippen molar-refractivity contribution in [2.75, 3.05) is 19.6 Å². The van der Waals surface area contributed by atoms with E-state index in [2.05, 4.69) is 58.7 Å². The lowest BCUT2D eigenvalue weighted by Gasteiger charge is -2.43. The third-order valence-electron chi connectivity index (χ3n) is 4.05. The molecule has 1 aliphatic rings. The van der Waals surface area contributed by atoms with Gasteiger partial charge in [0.05, 0.1) is 0 Å². The Bertz CT molecular complexity index is 263. The Balaban J connectivity index is 2.68. The molecule has 1 rings (SSSR count). The summed E-state index contributed by atoms with van der Waals surface area (Å²) in [6.45, 7) is 20.2. The zero-order valence-corrected chi connectivity index (χ0v) is 14.3. The van der Waals surface area contributed by atoms with Gasteiger partial charge < -0.3 is 5.32 Å². The minimum atomic E-state index is 0.305. The van der Waals surface area contributed by atoms with Gasteiger partial charge >= 0.3 is 0 Å². The van der Waals surface area contributed by atoms with E-state index in [9.17, 15) is 0 Å². The highest BCUT2D eigenvalue weighted by Gasteiger charge is 2.33. The number of hydrogen-bond donors (Lipinski definition) is 1. The predicted octanol–water partition coefficient (Wildman–Crippen LogP) is 3.91. The molecule has 19 heavy (non-hydrogen) atoms. The molecule has 2 nitrogen and oxygen atoms in total. The van der Waals surface area contributed by atoms with E-state index in [1.54, 1.807) is 0 Å². The zero-order valence-electron chi connectivity index (χ0n) is 14.3. The smallest absolute Gasteiger partial charge is 0.0197 e.